The SMILES string of the molecule is N#C/C(=N\Nc1c(I)c(C(=O)O)c(I)c(C(=O)O)c1I)C(=N)N. The van der Waals surface area contributed by atoms with Crippen molar-refractivity contribution in [1.82, 2.24) is 0 Å². The third-order valence-corrected chi connectivity index (χ3v) is 5.62. The van der Waals surface area contributed by atoms with Crippen LogP contribution in [0.5, 0.6) is 0 Å². The Morgan fingerprint density at radius 1 is 1.13 bits per heavy atom. The highest BCUT2D eigenvalue weighted by molar-refractivity contribution is 14.1. The summed E-state index contributed by atoms with van der Waals surface area (Å²) in [5.41, 5.74) is 6.91. The number of nitrogens with one attached hydrogen (secondary N) is 2. The summed E-state index contributed by atoms with van der Waals surface area (Å²) in [6.07, 6.45) is 0. The van der Waals surface area contributed by atoms with Crippen molar-refractivity contribution in [3.05, 3.63) is 21.8 Å². The van der Waals surface area contributed by atoms with Gasteiger partial charge in [0.15, 0.2) is 5.84 Å². The Morgan fingerprint density at radius 3 is 1.87 bits per heavy atom. The summed E-state index contributed by atoms with van der Waals surface area (Å²) in [7, 11) is 0. The van der Waals surface area contributed by atoms with E-state index in [1.54, 1.807) is 73.8 Å². The van der Waals surface area contributed by atoms with E-state index in [0.29, 0.717) is 0 Å². The molecule has 0 saturated carbocycles. The van der Waals surface area contributed by atoms with Crippen LogP contribution in [0.3, 0.4) is 0 Å². The number of nitriles is 1. The summed E-state index contributed by atoms with van der Waals surface area (Å²) >= 11 is 5.14. The van der Waals surface area contributed by atoms with Gasteiger partial charge in [0.25, 0.3) is 0 Å². The van der Waals surface area contributed by atoms with Gasteiger partial charge in [-0.1, -0.05) is 0 Å². The number of hydrogen-bond donors (Lipinski definition) is 5. The Bertz CT molecular complexity index is 759. The number of anilines is 1. The van der Waals surface area contributed by atoms with Crippen LogP contribution in [0.4, 0.5) is 5.69 Å². The molecular weight excluding hydrogens is 647 g/mol. The highest BCUT2D eigenvalue weighted by Crippen LogP contribution is 2.35. The van der Waals surface area contributed by atoms with Crippen LogP contribution in [0.25, 0.3) is 0 Å². The van der Waals surface area contributed by atoms with Crippen molar-refractivity contribution < 1.29 is 19.8 Å². The van der Waals surface area contributed by atoms with Crippen LogP contribution in [0.15, 0.2) is 5.10 Å². The number of aromatic carboxylic acids is 2. The quantitative estimate of drug-likeness (QED) is 0.140. The largest absolute Gasteiger partial charge is 0.478 e. The minimum absolute atomic E-state index is 0.0815. The van der Waals surface area contributed by atoms with Gasteiger partial charge in [0.05, 0.1) is 24.0 Å². The molecule has 0 aliphatic rings. The molecule has 120 valence electrons. The zero-order chi connectivity index (χ0) is 17.9. The molecule has 0 atom stereocenters. The molecule has 0 spiro atoms. The number of hydrogen-bond acceptors (Lipinski definition) is 6. The van der Waals surface area contributed by atoms with Crippen molar-refractivity contribution in [3.63, 3.8) is 0 Å². The lowest BCUT2D eigenvalue weighted by Crippen LogP contribution is -2.22. The molecule has 0 unspecified atom stereocenters. The first kappa shape index (κ1) is 19.8. The summed E-state index contributed by atoms with van der Waals surface area (Å²) in [4.78, 5) is 22.8. The molecule has 0 fully saturated rings. The van der Waals surface area contributed by atoms with Crippen molar-refractivity contribution in [3.8, 4) is 6.07 Å². The predicted octanol–water partition coefficient (Wildman–Crippen LogP) is 2.12. The van der Waals surface area contributed by atoms with E-state index < -0.39 is 23.5 Å². The molecule has 12 heteroatoms. The second-order valence-corrected chi connectivity index (χ2v) is 7.01. The number of nitrogens with zero attached hydrogens (tertiary/aromatic N) is 2. The van der Waals surface area contributed by atoms with Gasteiger partial charge in [0.1, 0.15) is 6.07 Å². The van der Waals surface area contributed by atoms with Gasteiger partial charge in [-0.05, 0) is 67.8 Å². The molecule has 0 radical (unpaired) electrons. The molecule has 1 rings (SSSR count). The molecule has 0 aromatic heterocycles. The van der Waals surface area contributed by atoms with Crippen LogP contribution in [0.1, 0.15) is 20.7 Å². The molecule has 9 nitrogen and oxygen atoms in total. The van der Waals surface area contributed by atoms with Crippen LogP contribution < -0.4 is 11.2 Å². The van der Waals surface area contributed by atoms with Crippen LogP contribution in [-0.2, 0) is 0 Å². The molecule has 0 aliphatic carbocycles. The van der Waals surface area contributed by atoms with E-state index in [1.165, 1.54) is 0 Å². The molecule has 1 aromatic carbocycles. The zero-order valence-corrected chi connectivity index (χ0v) is 17.3. The molecule has 0 amide bonds. The van der Waals surface area contributed by atoms with Crippen LogP contribution >= 0.6 is 67.8 Å². The Morgan fingerprint density at radius 2 is 1.57 bits per heavy atom. The summed E-state index contributed by atoms with van der Waals surface area (Å²) in [6.45, 7) is 0. The zero-order valence-electron chi connectivity index (χ0n) is 10.8. The number of amidine groups is 1. The lowest BCUT2D eigenvalue weighted by Gasteiger charge is -2.15. The van der Waals surface area contributed by atoms with Gasteiger partial charge in [-0.25, -0.2) is 9.59 Å². The van der Waals surface area contributed by atoms with E-state index in [-0.39, 0.29) is 27.5 Å². The Hall–Kier alpha value is -1.22. The predicted molar refractivity (Wildman–Crippen MR) is 107 cm³/mol. The number of carboxylic acids is 2. The van der Waals surface area contributed by atoms with E-state index in [2.05, 4.69) is 10.5 Å². The van der Waals surface area contributed by atoms with Crippen molar-refractivity contribution in [2.45, 2.75) is 0 Å². The molecule has 23 heavy (non-hydrogen) atoms. The number of carbonyl (C=O) groups is 2. The summed E-state index contributed by atoms with van der Waals surface area (Å²) in [5.74, 6) is -3.17. The number of nitrogens with two attached hydrogens (primary N) is 1. The Kier molecular flexibility index (Phi) is 6.94. The van der Waals surface area contributed by atoms with Gasteiger partial charge in [0.2, 0.25) is 5.71 Å². The maximum Gasteiger partial charge on any atom is 0.337 e. The number of carboxylic acid groups (broad SMARTS) is 2. The van der Waals surface area contributed by atoms with Crippen molar-refractivity contribution in [1.29, 1.82) is 10.7 Å². The van der Waals surface area contributed by atoms with Crippen LogP contribution in [0.2, 0.25) is 0 Å². The maximum atomic E-state index is 11.4. The monoisotopic (exact) mass is 653 g/mol. The summed E-state index contributed by atoms with van der Waals surface area (Å²) < 4.78 is 0.523. The first-order valence-corrected chi connectivity index (χ1v) is 8.62. The highest BCUT2D eigenvalue weighted by atomic mass is 127. The third-order valence-electron chi connectivity index (χ3n) is 2.39. The fraction of sp³-hybridized carbons (Fsp3) is 0. The lowest BCUT2D eigenvalue weighted by atomic mass is 10.1. The number of benzene rings is 1. The Labute approximate surface area is 170 Å². The third kappa shape index (κ3) is 4.20. The minimum atomic E-state index is -1.29. The van der Waals surface area contributed by atoms with Gasteiger partial charge >= 0.3 is 11.9 Å². The molecular formula is C11H6I3N5O4. The summed E-state index contributed by atoms with van der Waals surface area (Å²) in [5, 5.41) is 38.2. The number of hydrazone groups is 1. The summed E-state index contributed by atoms with van der Waals surface area (Å²) in [6, 6.07) is 1.60. The maximum absolute atomic E-state index is 11.4. The van der Waals surface area contributed by atoms with Crippen molar-refractivity contribution in [2.75, 3.05) is 5.43 Å². The van der Waals surface area contributed by atoms with Gasteiger partial charge in [0, 0.05) is 3.57 Å². The van der Waals surface area contributed by atoms with Crippen LogP contribution in [0, 0.1) is 27.5 Å². The van der Waals surface area contributed by atoms with Gasteiger partial charge < -0.3 is 15.9 Å². The minimum Gasteiger partial charge on any atom is -0.478 e. The van der Waals surface area contributed by atoms with Crippen LogP contribution in [-0.4, -0.2) is 33.7 Å². The van der Waals surface area contributed by atoms with E-state index in [4.69, 9.17) is 16.4 Å². The number of rotatable bonds is 5. The van der Waals surface area contributed by atoms with Crippen molar-refractivity contribution >= 4 is 96.9 Å². The van der Waals surface area contributed by atoms with E-state index in [1.807, 2.05) is 0 Å². The molecule has 1 aromatic rings. The first-order valence-electron chi connectivity index (χ1n) is 5.38. The smallest absolute Gasteiger partial charge is 0.337 e. The average Bonchev–Trinajstić information content (AvgIpc) is 2.41. The fourth-order valence-electron chi connectivity index (χ4n) is 1.40. The molecule has 0 heterocycles. The standard InChI is InChI=1S/C11H6I3N5O4/c12-5-3(10(20)21)6(13)8(7(14)4(5)11(22)23)19-18-2(1-15)9(16)17/h19H,(H3,16,17)(H,20,21)(H,22,23)/b18-2+. The fourth-order valence-corrected chi connectivity index (χ4v) is 5.73. The van der Waals surface area contributed by atoms with E-state index in [0.717, 1.165) is 0 Å². The topological polar surface area (TPSA) is 173 Å². The highest BCUT2D eigenvalue weighted by Gasteiger charge is 2.27. The number of halogens is 3. The second kappa shape index (κ2) is 8.05. The molecule has 0 saturated heterocycles. The molecule has 6 N–H and O–H groups in total. The average molecular weight is 653 g/mol. The van der Waals surface area contributed by atoms with Gasteiger partial charge in [-0.2, -0.15) is 10.4 Å². The second-order valence-electron chi connectivity index (χ2n) is 3.77. The van der Waals surface area contributed by atoms with E-state index in [9.17, 15) is 19.8 Å². The lowest BCUT2D eigenvalue weighted by molar-refractivity contribution is 0.0694. The first-order chi connectivity index (χ1) is 10.6. The van der Waals surface area contributed by atoms with Gasteiger partial charge in [-0.3, -0.25) is 10.8 Å². The normalized spacial score (nSPS) is 10.8. The molecule has 0 bridgehead atoms. The Balaban J connectivity index is 3.67. The van der Waals surface area contributed by atoms with E-state index >= 15 is 0 Å². The molecule has 0 aliphatic heterocycles. The van der Waals surface area contributed by atoms with Crippen molar-refractivity contribution in [2.24, 2.45) is 10.8 Å². The van der Waals surface area contributed by atoms with Gasteiger partial charge in [-0.15, -0.1) is 0 Å².